The highest BCUT2D eigenvalue weighted by atomic mass is 14.4. The number of aryl methyl sites for hydroxylation is 2. The van der Waals surface area contributed by atoms with Crippen molar-refractivity contribution in [3.05, 3.63) is 41.0 Å². The smallest absolute Gasteiger partial charge is 0.0342 e. The van der Waals surface area contributed by atoms with E-state index >= 15 is 0 Å². The van der Waals surface area contributed by atoms with Gasteiger partial charge in [-0.25, -0.2) is 0 Å². The number of rotatable bonds is 3. The zero-order valence-corrected chi connectivity index (χ0v) is 10.9. The lowest BCUT2D eigenvalue weighted by Gasteiger charge is -2.11. The molecule has 0 saturated carbocycles. The van der Waals surface area contributed by atoms with Gasteiger partial charge in [0.15, 0.2) is 0 Å². The van der Waals surface area contributed by atoms with Gasteiger partial charge in [0, 0.05) is 5.71 Å². The number of nitrogens with one attached hydrogen (secondary N) is 1. The first kappa shape index (κ1) is 12.7. The van der Waals surface area contributed by atoms with Crippen LogP contribution in [0.25, 0.3) is 5.57 Å². The highest BCUT2D eigenvalue weighted by molar-refractivity contribution is 6.00. The summed E-state index contributed by atoms with van der Waals surface area (Å²) >= 11 is 0. The molecule has 86 valence electrons. The van der Waals surface area contributed by atoms with Crippen molar-refractivity contribution in [2.24, 2.45) is 5.92 Å². The number of allylic oxidation sites excluding steroid dienone is 2. The Bertz CT molecular complexity index is 405. The Labute approximate surface area is 98.7 Å². The summed E-state index contributed by atoms with van der Waals surface area (Å²) in [5, 5.41) is 7.89. The molecule has 1 aromatic rings. The summed E-state index contributed by atoms with van der Waals surface area (Å²) in [5.41, 5.74) is 5.73. The van der Waals surface area contributed by atoms with E-state index in [0.29, 0.717) is 11.6 Å². The second-order valence-electron chi connectivity index (χ2n) is 4.70. The average Bonchev–Trinajstić information content (AvgIpc) is 2.16. The van der Waals surface area contributed by atoms with Gasteiger partial charge in [0.1, 0.15) is 0 Å². The van der Waals surface area contributed by atoms with Gasteiger partial charge in [0.2, 0.25) is 0 Å². The summed E-state index contributed by atoms with van der Waals surface area (Å²) in [5.74, 6) is 0.291. The zero-order chi connectivity index (χ0) is 12.3. The van der Waals surface area contributed by atoms with Crippen LogP contribution in [0.4, 0.5) is 0 Å². The van der Waals surface area contributed by atoms with Crippen LogP contribution in [0.15, 0.2) is 24.3 Å². The van der Waals surface area contributed by atoms with Crippen molar-refractivity contribution in [3.63, 3.8) is 0 Å². The number of hydrogen-bond acceptors (Lipinski definition) is 1. The van der Waals surface area contributed by atoms with Crippen LogP contribution in [0, 0.1) is 25.2 Å². The third-order valence-corrected chi connectivity index (χ3v) is 2.87. The molecule has 0 atom stereocenters. The highest BCUT2D eigenvalue weighted by Crippen LogP contribution is 2.22. The van der Waals surface area contributed by atoms with Gasteiger partial charge in [-0.15, -0.1) is 0 Å². The van der Waals surface area contributed by atoms with Crippen molar-refractivity contribution >= 4 is 11.3 Å². The van der Waals surface area contributed by atoms with E-state index in [4.69, 9.17) is 5.41 Å². The molecule has 1 aromatic carbocycles. The van der Waals surface area contributed by atoms with Crippen LogP contribution in [0.2, 0.25) is 0 Å². The molecule has 0 aromatic heterocycles. The minimum absolute atomic E-state index is 0.291. The third-order valence-electron chi connectivity index (χ3n) is 2.87. The van der Waals surface area contributed by atoms with Crippen LogP contribution in [0.3, 0.4) is 0 Å². The molecule has 0 aliphatic carbocycles. The molecule has 1 rings (SSSR count). The minimum Gasteiger partial charge on any atom is -0.305 e. The predicted molar refractivity (Wildman–Crippen MR) is 72.1 cm³/mol. The zero-order valence-electron chi connectivity index (χ0n) is 10.9. The van der Waals surface area contributed by atoms with Crippen molar-refractivity contribution < 1.29 is 0 Å². The second-order valence-corrected chi connectivity index (χ2v) is 4.70. The molecular weight excluding hydrogens is 194 g/mol. The van der Waals surface area contributed by atoms with E-state index in [2.05, 4.69) is 52.8 Å². The molecule has 1 N–H and O–H groups in total. The van der Waals surface area contributed by atoms with Gasteiger partial charge in [0.05, 0.1) is 0 Å². The van der Waals surface area contributed by atoms with Gasteiger partial charge in [0.25, 0.3) is 0 Å². The molecule has 0 amide bonds. The quantitative estimate of drug-likeness (QED) is 0.723. The van der Waals surface area contributed by atoms with E-state index in [0.717, 1.165) is 0 Å². The summed E-state index contributed by atoms with van der Waals surface area (Å²) in [6, 6.07) is 6.33. The first-order valence-corrected chi connectivity index (χ1v) is 5.76. The fourth-order valence-corrected chi connectivity index (χ4v) is 1.91. The summed E-state index contributed by atoms with van der Waals surface area (Å²) in [6.45, 7) is 10.4. The maximum Gasteiger partial charge on any atom is 0.0342 e. The predicted octanol–water partition coefficient (Wildman–Crippen LogP) is 4.38. The maximum absolute atomic E-state index is 7.89. The van der Waals surface area contributed by atoms with Crippen LogP contribution < -0.4 is 0 Å². The normalized spacial score (nSPS) is 12.0. The SMILES string of the molecule is C/C(=C\C(=N)C(C)C)c1c(C)cccc1C. The lowest BCUT2D eigenvalue weighted by atomic mass is 9.94. The molecule has 0 aliphatic heterocycles. The Morgan fingerprint density at radius 3 is 2.12 bits per heavy atom. The molecule has 0 radical (unpaired) electrons. The Balaban J connectivity index is 3.14. The van der Waals surface area contributed by atoms with Crippen LogP contribution in [-0.4, -0.2) is 5.71 Å². The van der Waals surface area contributed by atoms with Crippen LogP contribution in [0.5, 0.6) is 0 Å². The Kier molecular flexibility index (Phi) is 4.05. The van der Waals surface area contributed by atoms with E-state index in [1.165, 1.54) is 22.3 Å². The molecule has 0 spiro atoms. The van der Waals surface area contributed by atoms with Gasteiger partial charge < -0.3 is 5.41 Å². The van der Waals surface area contributed by atoms with Crippen molar-refractivity contribution in [3.8, 4) is 0 Å². The van der Waals surface area contributed by atoms with E-state index < -0.39 is 0 Å². The van der Waals surface area contributed by atoms with E-state index in [1.807, 2.05) is 6.08 Å². The first-order valence-electron chi connectivity index (χ1n) is 5.76. The van der Waals surface area contributed by atoms with E-state index in [1.54, 1.807) is 0 Å². The van der Waals surface area contributed by atoms with Gasteiger partial charge >= 0.3 is 0 Å². The molecule has 0 fully saturated rings. The fraction of sp³-hybridized carbons (Fsp3) is 0.400. The van der Waals surface area contributed by atoms with Crippen LogP contribution >= 0.6 is 0 Å². The van der Waals surface area contributed by atoms with Crippen LogP contribution in [-0.2, 0) is 0 Å². The standard InChI is InChI=1S/C15H21N/c1-10(2)14(16)9-13(5)15-11(3)7-6-8-12(15)4/h6-10,16H,1-5H3/b13-9+,16-14?. The minimum atomic E-state index is 0.291. The first-order chi connectivity index (χ1) is 7.43. The summed E-state index contributed by atoms with van der Waals surface area (Å²) in [4.78, 5) is 0. The van der Waals surface area contributed by atoms with E-state index in [9.17, 15) is 0 Å². The van der Waals surface area contributed by atoms with Gasteiger partial charge in [-0.1, -0.05) is 32.0 Å². The monoisotopic (exact) mass is 215 g/mol. The Morgan fingerprint density at radius 2 is 1.69 bits per heavy atom. The second kappa shape index (κ2) is 5.11. The maximum atomic E-state index is 7.89. The van der Waals surface area contributed by atoms with Gasteiger partial charge in [-0.3, -0.25) is 0 Å². The van der Waals surface area contributed by atoms with Crippen molar-refractivity contribution in [2.45, 2.75) is 34.6 Å². The summed E-state index contributed by atoms with van der Waals surface area (Å²) in [7, 11) is 0. The highest BCUT2D eigenvalue weighted by Gasteiger charge is 2.06. The molecule has 0 heterocycles. The molecular formula is C15H21N. The Hall–Kier alpha value is -1.37. The molecule has 1 heteroatoms. The lowest BCUT2D eigenvalue weighted by Crippen LogP contribution is -2.03. The third kappa shape index (κ3) is 2.82. The molecule has 0 saturated heterocycles. The fourth-order valence-electron chi connectivity index (χ4n) is 1.91. The average molecular weight is 215 g/mol. The molecule has 1 nitrogen and oxygen atoms in total. The molecule has 0 bridgehead atoms. The lowest BCUT2D eigenvalue weighted by molar-refractivity contribution is 0.882. The van der Waals surface area contributed by atoms with Crippen molar-refractivity contribution in [1.29, 1.82) is 5.41 Å². The molecule has 16 heavy (non-hydrogen) atoms. The van der Waals surface area contributed by atoms with Crippen molar-refractivity contribution in [2.75, 3.05) is 0 Å². The van der Waals surface area contributed by atoms with Crippen LogP contribution in [0.1, 0.15) is 37.5 Å². The van der Waals surface area contributed by atoms with Crippen molar-refractivity contribution in [1.82, 2.24) is 0 Å². The van der Waals surface area contributed by atoms with E-state index in [-0.39, 0.29) is 0 Å². The van der Waals surface area contributed by atoms with Gasteiger partial charge in [-0.2, -0.15) is 0 Å². The Morgan fingerprint density at radius 1 is 1.19 bits per heavy atom. The largest absolute Gasteiger partial charge is 0.305 e. The summed E-state index contributed by atoms with van der Waals surface area (Å²) in [6.07, 6.45) is 1.99. The number of hydrogen-bond donors (Lipinski definition) is 1. The van der Waals surface area contributed by atoms with Gasteiger partial charge in [-0.05, 0) is 55.0 Å². The summed E-state index contributed by atoms with van der Waals surface area (Å²) < 4.78 is 0. The molecule has 0 unspecified atom stereocenters. The molecule has 0 aliphatic rings. The topological polar surface area (TPSA) is 23.9 Å². The number of benzene rings is 1.